The van der Waals surface area contributed by atoms with Crippen molar-refractivity contribution in [3.8, 4) is 0 Å². The fraction of sp³-hybridized carbons (Fsp3) is 0.500. The van der Waals surface area contributed by atoms with E-state index < -0.39 is 6.10 Å². The molecule has 2 nitrogen and oxygen atoms in total. The lowest BCUT2D eigenvalue weighted by atomic mass is 10.1. The average molecular weight is 234 g/mol. The third kappa shape index (κ3) is 3.12. The molecule has 0 amide bonds. The Morgan fingerprint density at radius 2 is 2.21 bits per heavy atom. The zero-order valence-electron chi connectivity index (χ0n) is 8.00. The van der Waals surface area contributed by atoms with Crippen LogP contribution in [0.2, 0.25) is 10.0 Å². The predicted molar refractivity (Wildman–Crippen MR) is 58.7 cm³/mol. The maximum absolute atomic E-state index is 9.73. The van der Waals surface area contributed by atoms with Gasteiger partial charge in [-0.25, -0.2) is 0 Å². The van der Waals surface area contributed by atoms with Gasteiger partial charge in [0.25, 0.3) is 0 Å². The minimum Gasteiger partial charge on any atom is -0.387 e. The fourth-order valence-electron chi connectivity index (χ4n) is 1.20. The topological polar surface area (TPSA) is 33.1 Å². The molecule has 1 aromatic rings. The van der Waals surface area contributed by atoms with Gasteiger partial charge in [-0.05, 0) is 12.5 Å². The molecule has 0 saturated heterocycles. The van der Waals surface area contributed by atoms with E-state index in [2.05, 4.69) is 11.9 Å². The van der Waals surface area contributed by atoms with Crippen LogP contribution in [0.4, 0.5) is 0 Å². The first kappa shape index (κ1) is 11.8. The molecule has 0 aliphatic carbocycles. The van der Waals surface area contributed by atoms with Crippen LogP contribution in [0.3, 0.4) is 0 Å². The number of pyridine rings is 1. The molecule has 1 unspecified atom stereocenters. The van der Waals surface area contributed by atoms with Gasteiger partial charge in [-0.3, -0.25) is 4.98 Å². The Bertz CT molecular complexity index is 304. The molecule has 0 aliphatic rings. The molecule has 4 heteroatoms. The van der Waals surface area contributed by atoms with Gasteiger partial charge in [0.15, 0.2) is 0 Å². The SMILES string of the molecule is CCCCC(O)c1ncc(Cl)cc1Cl. The Morgan fingerprint density at radius 3 is 2.79 bits per heavy atom. The number of aromatic nitrogens is 1. The molecular formula is C10H13Cl2NO. The van der Waals surface area contributed by atoms with Gasteiger partial charge in [0.2, 0.25) is 0 Å². The van der Waals surface area contributed by atoms with Crippen molar-refractivity contribution in [2.75, 3.05) is 0 Å². The Labute approximate surface area is 93.9 Å². The summed E-state index contributed by atoms with van der Waals surface area (Å²) in [6, 6.07) is 1.60. The summed E-state index contributed by atoms with van der Waals surface area (Å²) in [7, 11) is 0. The molecule has 0 aromatic carbocycles. The summed E-state index contributed by atoms with van der Waals surface area (Å²) in [4.78, 5) is 4.02. The van der Waals surface area contributed by atoms with E-state index in [4.69, 9.17) is 23.2 Å². The third-order valence-corrected chi connectivity index (χ3v) is 2.49. The minimum atomic E-state index is -0.584. The smallest absolute Gasteiger partial charge is 0.0974 e. The van der Waals surface area contributed by atoms with Crippen molar-refractivity contribution in [2.24, 2.45) is 0 Å². The summed E-state index contributed by atoms with van der Waals surface area (Å²) in [5, 5.41) is 10.7. The van der Waals surface area contributed by atoms with E-state index >= 15 is 0 Å². The molecule has 1 aromatic heterocycles. The Hall–Kier alpha value is -0.310. The number of halogens is 2. The molecule has 0 aliphatic heterocycles. The lowest BCUT2D eigenvalue weighted by Crippen LogP contribution is -2.01. The highest BCUT2D eigenvalue weighted by molar-refractivity contribution is 6.34. The summed E-state index contributed by atoms with van der Waals surface area (Å²) in [6.45, 7) is 2.07. The number of hydrogen-bond donors (Lipinski definition) is 1. The highest BCUT2D eigenvalue weighted by atomic mass is 35.5. The van der Waals surface area contributed by atoms with Crippen molar-refractivity contribution >= 4 is 23.2 Å². The van der Waals surface area contributed by atoms with Gasteiger partial charge in [-0.2, -0.15) is 0 Å². The Balaban J connectivity index is 2.74. The zero-order valence-corrected chi connectivity index (χ0v) is 9.52. The third-order valence-electron chi connectivity index (χ3n) is 1.98. The fourth-order valence-corrected chi connectivity index (χ4v) is 1.71. The zero-order chi connectivity index (χ0) is 10.6. The molecule has 1 N–H and O–H groups in total. The number of rotatable bonds is 4. The van der Waals surface area contributed by atoms with Gasteiger partial charge in [-0.1, -0.05) is 43.0 Å². The number of unbranched alkanes of at least 4 members (excludes halogenated alkanes) is 1. The quantitative estimate of drug-likeness (QED) is 0.863. The summed E-state index contributed by atoms with van der Waals surface area (Å²) in [5.41, 5.74) is 0.518. The van der Waals surface area contributed by atoms with Crippen LogP contribution in [0.1, 0.15) is 38.0 Å². The van der Waals surface area contributed by atoms with Crippen LogP contribution >= 0.6 is 23.2 Å². The van der Waals surface area contributed by atoms with Crippen molar-refractivity contribution in [1.29, 1.82) is 0 Å². The number of aliphatic hydroxyl groups is 1. The maximum atomic E-state index is 9.73. The van der Waals surface area contributed by atoms with Gasteiger partial charge < -0.3 is 5.11 Å². The first-order valence-corrected chi connectivity index (χ1v) is 5.39. The first-order valence-electron chi connectivity index (χ1n) is 4.64. The number of hydrogen-bond acceptors (Lipinski definition) is 2. The molecule has 0 bridgehead atoms. The molecule has 0 radical (unpaired) electrons. The lowest BCUT2D eigenvalue weighted by molar-refractivity contribution is 0.159. The monoisotopic (exact) mass is 233 g/mol. The average Bonchev–Trinajstić information content (AvgIpc) is 2.14. The molecule has 78 valence electrons. The van der Waals surface area contributed by atoms with Crippen LogP contribution in [0.15, 0.2) is 12.3 Å². The van der Waals surface area contributed by atoms with E-state index in [0.717, 1.165) is 12.8 Å². The number of aliphatic hydroxyl groups excluding tert-OH is 1. The van der Waals surface area contributed by atoms with E-state index in [1.54, 1.807) is 6.07 Å². The standard InChI is InChI=1S/C10H13Cl2NO/c1-2-3-4-9(14)10-8(12)5-7(11)6-13-10/h5-6,9,14H,2-4H2,1H3. The van der Waals surface area contributed by atoms with E-state index in [-0.39, 0.29) is 0 Å². The van der Waals surface area contributed by atoms with Gasteiger partial charge in [0.05, 0.1) is 21.8 Å². The van der Waals surface area contributed by atoms with Crippen LogP contribution in [-0.2, 0) is 0 Å². The second-order valence-corrected chi connectivity index (χ2v) is 4.02. The van der Waals surface area contributed by atoms with Crippen molar-refractivity contribution in [2.45, 2.75) is 32.3 Å². The molecule has 1 rings (SSSR count). The number of nitrogens with zero attached hydrogens (tertiary/aromatic N) is 1. The van der Waals surface area contributed by atoms with E-state index in [1.165, 1.54) is 6.20 Å². The minimum absolute atomic E-state index is 0.432. The highest BCUT2D eigenvalue weighted by Gasteiger charge is 2.12. The summed E-state index contributed by atoms with van der Waals surface area (Å²) in [5.74, 6) is 0. The first-order chi connectivity index (χ1) is 6.65. The predicted octanol–water partition coefficient (Wildman–Crippen LogP) is 3.61. The molecular weight excluding hydrogens is 221 g/mol. The van der Waals surface area contributed by atoms with Gasteiger partial charge >= 0.3 is 0 Å². The van der Waals surface area contributed by atoms with Gasteiger partial charge in [0, 0.05) is 6.20 Å². The molecule has 1 atom stereocenters. The summed E-state index contributed by atoms with van der Waals surface area (Å²) in [6.07, 6.45) is 3.60. The van der Waals surface area contributed by atoms with Crippen molar-refractivity contribution < 1.29 is 5.11 Å². The van der Waals surface area contributed by atoms with Gasteiger partial charge in [-0.15, -0.1) is 0 Å². The van der Waals surface area contributed by atoms with Crippen LogP contribution in [0, 0.1) is 0 Å². The summed E-state index contributed by atoms with van der Waals surface area (Å²) >= 11 is 11.6. The molecule has 0 fully saturated rings. The largest absolute Gasteiger partial charge is 0.387 e. The molecule has 0 saturated carbocycles. The van der Waals surface area contributed by atoms with Gasteiger partial charge in [0.1, 0.15) is 0 Å². The Morgan fingerprint density at radius 1 is 1.50 bits per heavy atom. The Kier molecular flexibility index (Phi) is 4.66. The molecule has 0 spiro atoms. The highest BCUT2D eigenvalue weighted by Crippen LogP contribution is 2.26. The van der Waals surface area contributed by atoms with E-state index in [0.29, 0.717) is 22.2 Å². The van der Waals surface area contributed by atoms with Crippen LogP contribution in [-0.4, -0.2) is 10.1 Å². The van der Waals surface area contributed by atoms with Crippen molar-refractivity contribution in [1.82, 2.24) is 4.98 Å². The summed E-state index contributed by atoms with van der Waals surface area (Å²) < 4.78 is 0. The van der Waals surface area contributed by atoms with E-state index in [9.17, 15) is 5.11 Å². The van der Waals surface area contributed by atoms with Crippen LogP contribution < -0.4 is 0 Å². The van der Waals surface area contributed by atoms with Crippen molar-refractivity contribution in [3.63, 3.8) is 0 Å². The second-order valence-electron chi connectivity index (χ2n) is 3.18. The van der Waals surface area contributed by atoms with Crippen LogP contribution in [0.5, 0.6) is 0 Å². The van der Waals surface area contributed by atoms with E-state index in [1.807, 2.05) is 0 Å². The second kappa shape index (κ2) is 5.54. The van der Waals surface area contributed by atoms with Crippen LogP contribution in [0.25, 0.3) is 0 Å². The normalized spacial score (nSPS) is 12.9. The molecule has 14 heavy (non-hydrogen) atoms. The van der Waals surface area contributed by atoms with Crippen molar-refractivity contribution in [3.05, 3.63) is 28.0 Å². The molecule has 1 heterocycles. The lowest BCUT2D eigenvalue weighted by Gasteiger charge is -2.10. The maximum Gasteiger partial charge on any atom is 0.0974 e.